The fourth-order valence-corrected chi connectivity index (χ4v) is 2.42. The summed E-state index contributed by atoms with van der Waals surface area (Å²) in [6.07, 6.45) is 6.86. The minimum atomic E-state index is 0.705. The van der Waals surface area contributed by atoms with E-state index in [1.807, 2.05) is 6.07 Å². The summed E-state index contributed by atoms with van der Waals surface area (Å²) < 4.78 is 11.4. The van der Waals surface area contributed by atoms with Crippen molar-refractivity contribution < 1.29 is 9.47 Å². The smallest absolute Gasteiger partial charge is 0.126 e. The van der Waals surface area contributed by atoms with Gasteiger partial charge < -0.3 is 9.47 Å². The Bertz CT molecular complexity index is 458. The molecule has 2 rings (SSSR count). The van der Waals surface area contributed by atoms with Crippen LogP contribution in [0.4, 0.5) is 0 Å². The molecular weight excluding hydrogens is 248 g/mol. The van der Waals surface area contributed by atoms with Gasteiger partial charge in [0.25, 0.3) is 0 Å². The average Bonchev–Trinajstić information content (AvgIpc) is 2.85. The molecule has 2 nitrogen and oxygen atoms in total. The van der Waals surface area contributed by atoms with Gasteiger partial charge in [0, 0.05) is 12.5 Å². The fraction of sp³-hybridized carbons (Fsp3) is 0.556. The molecule has 1 aromatic rings. The number of allylic oxidation sites excluding steroid dienone is 2. The van der Waals surface area contributed by atoms with Crippen LogP contribution in [0.1, 0.15) is 45.6 Å². The van der Waals surface area contributed by atoms with Gasteiger partial charge in [-0.05, 0) is 50.7 Å². The molecule has 1 heterocycles. The maximum Gasteiger partial charge on any atom is 0.126 e. The molecule has 1 aliphatic heterocycles. The maximum absolute atomic E-state index is 5.83. The Morgan fingerprint density at radius 2 is 2.20 bits per heavy atom. The molecule has 0 aromatic heterocycles. The summed E-state index contributed by atoms with van der Waals surface area (Å²) in [5.41, 5.74) is 2.71. The van der Waals surface area contributed by atoms with Crippen molar-refractivity contribution in [1.29, 1.82) is 0 Å². The van der Waals surface area contributed by atoms with Crippen LogP contribution in [-0.2, 0) is 6.42 Å². The van der Waals surface area contributed by atoms with E-state index in [-0.39, 0.29) is 0 Å². The van der Waals surface area contributed by atoms with E-state index in [4.69, 9.17) is 9.47 Å². The predicted octanol–water partition coefficient (Wildman–Crippen LogP) is 4.77. The lowest BCUT2D eigenvalue weighted by Crippen LogP contribution is -2.04. The zero-order valence-corrected chi connectivity index (χ0v) is 12.9. The zero-order valence-electron chi connectivity index (χ0n) is 12.9. The van der Waals surface area contributed by atoms with Crippen LogP contribution in [0.25, 0.3) is 0 Å². The van der Waals surface area contributed by atoms with Crippen LogP contribution in [0, 0.1) is 5.92 Å². The highest BCUT2D eigenvalue weighted by molar-refractivity contribution is 5.42. The van der Waals surface area contributed by atoms with Gasteiger partial charge in [-0.15, -0.1) is 0 Å². The summed E-state index contributed by atoms with van der Waals surface area (Å²) in [6.45, 7) is 8.20. The van der Waals surface area contributed by atoms with Crippen molar-refractivity contribution in [3.05, 3.63) is 35.4 Å². The van der Waals surface area contributed by atoms with Gasteiger partial charge in [0.15, 0.2) is 0 Å². The van der Waals surface area contributed by atoms with Gasteiger partial charge in [0.2, 0.25) is 0 Å². The minimum absolute atomic E-state index is 0.705. The highest BCUT2D eigenvalue weighted by Gasteiger charge is 2.12. The Balaban J connectivity index is 1.69. The molecule has 110 valence electrons. The lowest BCUT2D eigenvalue weighted by atomic mass is 10.0. The van der Waals surface area contributed by atoms with Gasteiger partial charge in [0.1, 0.15) is 11.5 Å². The van der Waals surface area contributed by atoms with E-state index in [1.165, 1.54) is 24.0 Å². The van der Waals surface area contributed by atoms with Crippen LogP contribution in [-0.4, -0.2) is 13.2 Å². The first kappa shape index (κ1) is 15.0. The number of rotatable bonds is 7. The molecule has 0 spiro atoms. The van der Waals surface area contributed by atoms with Gasteiger partial charge in [-0.2, -0.15) is 0 Å². The van der Waals surface area contributed by atoms with Crippen molar-refractivity contribution in [2.24, 2.45) is 5.92 Å². The molecule has 0 radical (unpaired) electrons. The SMILES string of the molecule is CC(C)=CCCC(C)CCOc1ccc2c(c1)OCC2. The van der Waals surface area contributed by atoms with Crippen LogP contribution < -0.4 is 9.47 Å². The number of benzene rings is 1. The molecule has 0 N–H and O–H groups in total. The van der Waals surface area contributed by atoms with Gasteiger partial charge in [0.05, 0.1) is 13.2 Å². The van der Waals surface area contributed by atoms with Crippen molar-refractivity contribution in [3.63, 3.8) is 0 Å². The van der Waals surface area contributed by atoms with E-state index in [0.29, 0.717) is 5.92 Å². The fourth-order valence-electron chi connectivity index (χ4n) is 2.42. The Hall–Kier alpha value is -1.44. The number of ether oxygens (including phenoxy) is 2. The Morgan fingerprint density at radius 3 is 3.00 bits per heavy atom. The topological polar surface area (TPSA) is 18.5 Å². The highest BCUT2D eigenvalue weighted by Crippen LogP contribution is 2.29. The van der Waals surface area contributed by atoms with Crippen LogP contribution in [0.3, 0.4) is 0 Å². The Labute approximate surface area is 122 Å². The van der Waals surface area contributed by atoms with Gasteiger partial charge in [-0.3, -0.25) is 0 Å². The average molecular weight is 274 g/mol. The minimum Gasteiger partial charge on any atom is -0.493 e. The van der Waals surface area contributed by atoms with E-state index in [1.54, 1.807) is 0 Å². The third-order valence-electron chi connectivity index (χ3n) is 3.76. The highest BCUT2D eigenvalue weighted by atomic mass is 16.5. The molecule has 2 heteroatoms. The second kappa shape index (κ2) is 7.37. The number of hydrogen-bond donors (Lipinski definition) is 0. The Morgan fingerprint density at radius 1 is 1.35 bits per heavy atom. The molecule has 1 unspecified atom stereocenters. The largest absolute Gasteiger partial charge is 0.493 e. The van der Waals surface area contributed by atoms with Gasteiger partial charge in [-0.25, -0.2) is 0 Å². The number of hydrogen-bond acceptors (Lipinski definition) is 2. The van der Waals surface area contributed by atoms with Crippen molar-refractivity contribution in [3.8, 4) is 11.5 Å². The van der Waals surface area contributed by atoms with Crippen LogP contribution in [0.5, 0.6) is 11.5 Å². The molecule has 20 heavy (non-hydrogen) atoms. The summed E-state index contributed by atoms with van der Waals surface area (Å²) >= 11 is 0. The first-order chi connectivity index (χ1) is 9.65. The van der Waals surface area contributed by atoms with Crippen LogP contribution in [0.2, 0.25) is 0 Å². The molecule has 0 bridgehead atoms. The van der Waals surface area contributed by atoms with Crippen molar-refractivity contribution >= 4 is 0 Å². The molecule has 0 amide bonds. The molecule has 0 aliphatic carbocycles. The van der Waals surface area contributed by atoms with E-state index in [0.717, 1.165) is 37.6 Å². The second-order valence-electron chi connectivity index (χ2n) is 5.97. The monoisotopic (exact) mass is 274 g/mol. The lowest BCUT2D eigenvalue weighted by Gasteiger charge is -2.12. The first-order valence-corrected chi connectivity index (χ1v) is 7.67. The van der Waals surface area contributed by atoms with E-state index < -0.39 is 0 Å². The zero-order chi connectivity index (χ0) is 14.4. The molecular formula is C18H26O2. The van der Waals surface area contributed by atoms with Gasteiger partial charge in [-0.1, -0.05) is 24.6 Å². The third kappa shape index (κ3) is 4.59. The number of fused-ring (bicyclic) bond motifs is 1. The molecule has 0 fully saturated rings. The standard InChI is InChI=1S/C18H26O2/c1-14(2)5-4-6-15(3)9-11-19-17-8-7-16-10-12-20-18(16)13-17/h5,7-8,13,15H,4,6,9-12H2,1-3H3. The molecule has 0 saturated carbocycles. The Kier molecular flexibility index (Phi) is 5.51. The lowest BCUT2D eigenvalue weighted by molar-refractivity contribution is 0.278. The van der Waals surface area contributed by atoms with E-state index in [9.17, 15) is 0 Å². The third-order valence-corrected chi connectivity index (χ3v) is 3.76. The normalized spacial score (nSPS) is 14.3. The van der Waals surface area contributed by atoms with Crippen molar-refractivity contribution in [1.82, 2.24) is 0 Å². The second-order valence-corrected chi connectivity index (χ2v) is 5.97. The molecule has 1 atom stereocenters. The summed E-state index contributed by atoms with van der Waals surface area (Å²) in [5.74, 6) is 2.64. The van der Waals surface area contributed by atoms with Crippen molar-refractivity contribution in [2.75, 3.05) is 13.2 Å². The van der Waals surface area contributed by atoms with Crippen LogP contribution >= 0.6 is 0 Å². The molecule has 1 aromatic carbocycles. The van der Waals surface area contributed by atoms with E-state index in [2.05, 4.69) is 39.0 Å². The van der Waals surface area contributed by atoms with E-state index >= 15 is 0 Å². The summed E-state index contributed by atoms with van der Waals surface area (Å²) in [5, 5.41) is 0. The summed E-state index contributed by atoms with van der Waals surface area (Å²) in [4.78, 5) is 0. The first-order valence-electron chi connectivity index (χ1n) is 7.67. The molecule has 0 saturated heterocycles. The summed E-state index contributed by atoms with van der Waals surface area (Å²) in [7, 11) is 0. The molecule has 1 aliphatic rings. The van der Waals surface area contributed by atoms with Crippen molar-refractivity contribution in [2.45, 2.75) is 46.5 Å². The maximum atomic E-state index is 5.83. The predicted molar refractivity (Wildman–Crippen MR) is 83.6 cm³/mol. The summed E-state index contributed by atoms with van der Waals surface area (Å²) in [6, 6.07) is 6.20. The van der Waals surface area contributed by atoms with Crippen LogP contribution in [0.15, 0.2) is 29.8 Å². The quantitative estimate of drug-likeness (QED) is 0.667. The van der Waals surface area contributed by atoms with Gasteiger partial charge >= 0.3 is 0 Å².